The highest BCUT2D eigenvalue weighted by atomic mass is 16.4. The first-order chi connectivity index (χ1) is 12.2. The lowest BCUT2D eigenvalue weighted by atomic mass is 9.93. The average molecular weight is 375 g/mol. The van der Waals surface area contributed by atoms with E-state index in [1.807, 2.05) is 0 Å². The van der Waals surface area contributed by atoms with Crippen LogP contribution >= 0.6 is 0 Å². The quantitative estimate of drug-likeness (QED) is 0.296. The fourth-order valence-electron chi connectivity index (χ4n) is 3.51. The molecule has 6 atom stereocenters. The number of aliphatic hydroxyl groups excluding tert-OH is 4. The summed E-state index contributed by atoms with van der Waals surface area (Å²) in [4.78, 5) is 18.3. The monoisotopic (exact) mass is 375 g/mol. The number of aliphatic carboxylic acids is 1. The largest absolute Gasteiger partial charge is 0.481 e. The normalized spacial score (nSPS) is 37.2. The lowest BCUT2D eigenvalue weighted by Crippen LogP contribution is -2.56. The van der Waals surface area contributed by atoms with Crippen molar-refractivity contribution in [1.29, 1.82) is 0 Å². The van der Waals surface area contributed by atoms with Gasteiger partial charge in [0, 0.05) is 37.8 Å². The number of rotatable bonds is 9. The molecule has 0 bridgehead atoms. The summed E-state index contributed by atoms with van der Waals surface area (Å²) in [6.45, 7) is 8.00. The molecule has 3 saturated heterocycles. The van der Waals surface area contributed by atoms with Crippen molar-refractivity contribution in [3.8, 4) is 0 Å². The molecular weight excluding hydrogens is 342 g/mol. The second-order valence-electron chi connectivity index (χ2n) is 7.98. The van der Waals surface area contributed by atoms with Gasteiger partial charge in [0.25, 0.3) is 0 Å². The molecule has 0 aromatic rings. The summed E-state index contributed by atoms with van der Waals surface area (Å²) >= 11 is 0. The lowest BCUT2D eigenvalue weighted by molar-refractivity contribution is -0.146. The van der Waals surface area contributed by atoms with E-state index in [9.17, 15) is 9.90 Å². The molecule has 0 aliphatic carbocycles. The standard InChI is InChI=1S/C12H21N3O2.C5H12O4/c1-8-5-13(8)12(4-11(16)17,14-6-9(14)2)15-7-10(15)3;6-1-5(2-7,3-8)4-9/h8-10H,4-7H2,1-3H3,(H,16,17);6-9H,1-4H2. The van der Waals surface area contributed by atoms with Gasteiger partial charge >= 0.3 is 5.97 Å². The van der Waals surface area contributed by atoms with E-state index in [-0.39, 0.29) is 12.2 Å². The van der Waals surface area contributed by atoms with Crippen LogP contribution in [0.3, 0.4) is 0 Å². The van der Waals surface area contributed by atoms with Crippen LogP contribution in [0.1, 0.15) is 27.2 Å². The molecule has 5 N–H and O–H groups in total. The molecule has 3 aliphatic rings. The molecule has 9 nitrogen and oxygen atoms in total. The van der Waals surface area contributed by atoms with Gasteiger partial charge in [0.1, 0.15) is 5.79 Å². The summed E-state index contributed by atoms with van der Waals surface area (Å²) in [7, 11) is 0. The van der Waals surface area contributed by atoms with Crippen molar-refractivity contribution in [2.45, 2.75) is 51.1 Å². The number of aliphatic hydroxyl groups is 4. The summed E-state index contributed by atoms with van der Waals surface area (Å²) < 4.78 is 0. The van der Waals surface area contributed by atoms with Crippen LogP contribution in [0.5, 0.6) is 0 Å². The smallest absolute Gasteiger partial charge is 0.308 e. The minimum atomic E-state index is -1.11. The number of hydrogen-bond donors (Lipinski definition) is 5. The molecule has 26 heavy (non-hydrogen) atoms. The van der Waals surface area contributed by atoms with Crippen molar-refractivity contribution < 1.29 is 30.3 Å². The fourth-order valence-corrected chi connectivity index (χ4v) is 3.51. The Kier molecular flexibility index (Phi) is 6.66. The van der Waals surface area contributed by atoms with E-state index in [4.69, 9.17) is 20.4 Å². The molecule has 0 aromatic carbocycles. The van der Waals surface area contributed by atoms with Crippen LogP contribution in [-0.4, -0.2) is 116 Å². The Morgan fingerprint density at radius 2 is 1.08 bits per heavy atom. The third-order valence-corrected chi connectivity index (χ3v) is 5.69. The first-order valence-electron chi connectivity index (χ1n) is 9.16. The molecule has 6 unspecified atom stereocenters. The molecule has 3 rings (SSSR count). The summed E-state index contributed by atoms with van der Waals surface area (Å²) in [5.74, 6) is -1.02. The predicted molar refractivity (Wildman–Crippen MR) is 94.3 cm³/mol. The van der Waals surface area contributed by atoms with Crippen LogP contribution in [0.15, 0.2) is 0 Å². The lowest BCUT2D eigenvalue weighted by Gasteiger charge is -2.39. The van der Waals surface area contributed by atoms with E-state index in [1.165, 1.54) is 0 Å². The minimum absolute atomic E-state index is 0.214. The Labute approximate surface area is 154 Å². The van der Waals surface area contributed by atoms with Crippen molar-refractivity contribution in [2.75, 3.05) is 46.1 Å². The summed E-state index contributed by atoms with van der Waals surface area (Å²) in [6, 6.07) is 1.57. The van der Waals surface area contributed by atoms with Crippen LogP contribution in [0, 0.1) is 5.41 Å². The summed E-state index contributed by atoms with van der Waals surface area (Å²) in [5.41, 5.74) is -1.11. The van der Waals surface area contributed by atoms with Gasteiger partial charge in [0.15, 0.2) is 0 Å². The highest BCUT2D eigenvalue weighted by Crippen LogP contribution is 2.48. The topological polar surface area (TPSA) is 127 Å². The maximum Gasteiger partial charge on any atom is 0.308 e. The van der Waals surface area contributed by atoms with Gasteiger partial charge in [-0.3, -0.25) is 19.5 Å². The molecule has 0 radical (unpaired) electrons. The Morgan fingerprint density at radius 3 is 1.19 bits per heavy atom. The van der Waals surface area contributed by atoms with Gasteiger partial charge in [0.05, 0.1) is 38.3 Å². The number of hydrogen-bond acceptors (Lipinski definition) is 8. The first kappa shape index (κ1) is 21.5. The Balaban J connectivity index is 0.000000232. The van der Waals surface area contributed by atoms with E-state index < -0.39 is 37.8 Å². The SMILES string of the molecule is CC1CN1C(CC(=O)O)(N1CC1C)N1CC1C.OCC(CO)(CO)CO. The van der Waals surface area contributed by atoms with Crippen LogP contribution in [0.25, 0.3) is 0 Å². The van der Waals surface area contributed by atoms with E-state index in [0.717, 1.165) is 19.6 Å². The highest BCUT2D eigenvalue weighted by Gasteiger charge is 2.65. The summed E-state index contributed by atoms with van der Waals surface area (Å²) in [5, 5.41) is 43.2. The van der Waals surface area contributed by atoms with Crippen molar-refractivity contribution in [1.82, 2.24) is 14.7 Å². The zero-order chi connectivity index (χ0) is 19.7. The van der Waals surface area contributed by atoms with Gasteiger partial charge in [-0.2, -0.15) is 0 Å². The molecule has 3 aliphatic heterocycles. The van der Waals surface area contributed by atoms with E-state index in [2.05, 4.69) is 35.5 Å². The van der Waals surface area contributed by atoms with Crippen molar-refractivity contribution in [3.63, 3.8) is 0 Å². The summed E-state index contributed by atoms with van der Waals surface area (Å²) in [6.07, 6.45) is 0.214. The molecule has 3 heterocycles. The van der Waals surface area contributed by atoms with Gasteiger partial charge in [-0.05, 0) is 20.8 Å². The molecular formula is C17H33N3O6. The average Bonchev–Trinajstić information content (AvgIpc) is 3.52. The first-order valence-corrected chi connectivity index (χ1v) is 9.16. The van der Waals surface area contributed by atoms with Crippen LogP contribution < -0.4 is 0 Å². The Bertz CT molecular complexity index is 443. The Hall–Kier alpha value is -0.810. The number of nitrogens with zero attached hydrogens (tertiary/aromatic N) is 3. The van der Waals surface area contributed by atoms with Crippen molar-refractivity contribution in [2.24, 2.45) is 5.41 Å². The van der Waals surface area contributed by atoms with Gasteiger partial charge in [0.2, 0.25) is 0 Å². The van der Waals surface area contributed by atoms with Crippen molar-refractivity contribution in [3.05, 3.63) is 0 Å². The van der Waals surface area contributed by atoms with Gasteiger partial charge in [-0.1, -0.05) is 0 Å². The van der Waals surface area contributed by atoms with Gasteiger partial charge < -0.3 is 25.5 Å². The molecule has 3 fully saturated rings. The maximum absolute atomic E-state index is 11.3. The molecule has 0 saturated carbocycles. The molecule has 9 heteroatoms. The zero-order valence-corrected chi connectivity index (χ0v) is 15.9. The highest BCUT2D eigenvalue weighted by molar-refractivity contribution is 5.68. The van der Waals surface area contributed by atoms with Gasteiger partial charge in [-0.15, -0.1) is 0 Å². The second kappa shape index (κ2) is 8.05. The number of carboxylic acid groups (broad SMARTS) is 1. The second-order valence-corrected chi connectivity index (χ2v) is 7.98. The van der Waals surface area contributed by atoms with Crippen molar-refractivity contribution >= 4 is 5.97 Å². The third kappa shape index (κ3) is 4.19. The molecule has 152 valence electrons. The number of carboxylic acids is 1. The van der Waals surface area contributed by atoms with Crippen LogP contribution in [0.2, 0.25) is 0 Å². The number of carbonyl (C=O) groups is 1. The predicted octanol–water partition coefficient (Wildman–Crippen LogP) is -1.83. The van der Waals surface area contributed by atoms with Crippen LogP contribution in [0.4, 0.5) is 0 Å². The Morgan fingerprint density at radius 1 is 0.808 bits per heavy atom. The third-order valence-electron chi connectivity index (χ3n) is 5.69. The fraction of sp³-hybridized carbons (Fsp3) is 0.941. The van der Waals surface area contributed by atoms with E-state index >= 15 is 0 Å². The molecule has 0 amide bonds. The van der Waals surface area contributed by atoms with Gasteiger partial charge in [-0.25, -0.2) is 0 Å². The molecule has 0 aromatic heterocycles. The minimum Gasteiger partial charge on any atom is -0.481 e. The van der Waals surface area contributed by atoms with E-state index in [0.29, 0.717) is 18.1 Å². The van der Waals surface area contributed by atoms with Crippen LogP contribution in [-0.2, 0) is 4.79 Å². The molecule has 0 spiro atoms. The zero-order valence-electron chi connectivity index (χ0n) is 15.9. The van der Waals surface area contributed by atoms with E-state index in [1.54, 1.807) is 0 Å². The maximum atomic E-state index is 11.3.